The minimum atomic E-state index is -0.450. The van der Waals surface area contributed by atoms with Gasteiger partial charge in [-0.2, -0.15) is 0 Å². The lowest BCUT2D eigenvalue weighted by Gasteiger charge is -2.53. The van der Waals surface area contributed by atoms with E-state index in [-0.39, 0.29) is 35.0 Å². The molecule has 1 amide bonds. The molecule has 162 valence electrons. The van der Waals surface area contributed by atoms with E-state index in [0.717, 1.165) is 56.3 Å². The Hall–Kier alpha value is -1.18. The number of amides is 1. The summed E-state index contributed by atoms with van der Waals surface area (Å²) in [4.78, 5) is 22.9. The van der Waals surface area contributed by atoms with Crippen LogP contribution < -0.4 is 10.2 Å². The van der Waals surface area contributed by atoms with Crippen molar-refractivity contribution in [2.45, 2.75) is 52.1 Å². The van der Waals surface area contributed by atoms with E-state index in [0.29, 0.717) is 0 Å². The monoisotopic (exact) mass is 421 g/mol. The Morgan fingerprint density at radius 3 is 2.76 bits per heavy atom. The molecular weight excluding hydrogens is 384 g/mol. The number of nitrogens with one attached hydrogen (secondary N) is 2. The maximum Gasteiger partial charge on any atom is 0.226 e. The molecule has 1 saturated carbocycles. The molecule has 29 heavy (non-hydrogen) atoms. The van der Waals surface area contributed by atoms with Gasteiger partial charge in [0.2, 0.25) is 5.91 Å². The molecule has 2 fully saturated rings. The van der Waals surface area contributed by atoms with E-state index in [1.165, 1.54) is 9.78 Å². The standard InChI is InChI=1S/C22H36N4O2S/c1-13(20(28)26-10-8-25(5)9-11-26)15-6-7-22(3)12-16-18(24-21(23-4)29-16)14(2)17(22)19(15)27/h13-15,17,19,27H,6-12H2,1-5H3,(H,23,24)/p+1/t13-,14-,15+,17+,19-,22-/m0/s1. The molecule has 3 aliphatic rings. The van der Waals surface area contributed by atoms with E-state index in [1.807, 2.05) is 18.9 Å². The number of nitrogens with zero attached hydrogens (tertiary/aromatic N) is 2. The lowest BCUT2D eigenvalue weighted by atomic mass is 9.53. The molecule has 1 saturated heterocycles. The summed E-state index contributed by atoms with van der Waals surface area (Å²) < 4.78 is 0. The van der Waals surface area contributed by atoms with E-state index in [2.05, 4.69) is 26.2 Å². The number of aromatic nitrogens is 1. The number of aliphatic hydroxyl groups excluding tert-OH is 1. The highest BCUT2D eigenvalue weighted by atomic mass is 32.1. The summed E-state index contributed by atoms with van der Waals surface area (Å²) in [5, 5.41) is 15.7. The van der Waals surface area contributed by atoms with Crippen LogP contribution in [0, 0.1) is 23.2 Å². The topological polar surface area (TPSA) is 69.9 Å². The summed E-state index contributed by atoms with van der Waals surface area (Å²) in [6.45, 7) is 10.3. The molecule has 6 atom stereocenters. The van der Waals surface area contributed by atoms with Crippen LogP contribution in [-0.2, 0) is 11.2 Å². The number of carbonyl (C=O) groups is 1. The maximum absolute atomic E-state index is 13.2. The Kier molecular flexibility index (Phi) is 5.68. The Labute approximate surface area is 178 Å². The number of anilines is 1. The quantitative estimate of drug-likeness (QED) is 0.687. The number of quaternary nitrogens is 1. The fourth-order valence-electron chi connectivity index (χ4n) is 6.23. The third kappa shape index (κ3) is 3.59. The van der Waals surface area contributed by atoms with Crippen LogP contribution in [0.2, 0.25) is 0 Å². The number of fused-ring (bicyclic) bond motifs is 2. The van der Waals surface area contributed by atoms with Crippen molar-refractivity contribution in [3.8, 4) is 0 Å². The van der Waals surface area contributed by atoms with Gasteiger partial charge in [0.05, 0.1) is 45.0 Å². The minimum absolute atomic E-state index is 0.0407. The minimum Gasteiger partial charge on any atom is -0.392 e. The van der Waals surface area contributed by atoms with Crippen molar-refractivity contribution in [2.75, 3.05) is 45.6 Å². The number of likely N-dealkylation sites (N-methyl/N-ethyl adjacent to an activating group) is 1. The van der Waals surface area contributed by atoms with Crippen LogP contribution in [0.4, 0.5) is 5.13 Å². The molecule has 2 aliphatic carbocycles. The average Bonchev–Trinajstić information content (AvgIpc) is 3.10. The van der Waals surface area contributed by atoms with E-state index in [9.17, 15) is 9.90 Å². The van der Waals surface area contributed by atoms with Crippen LogP contribution in [0.3, 0.4) is 0 Å². The predicted molar refractivity (Wildman–Crippen MR) is 116 cm³/mol. The van der Waals surface area contributed by atoms with Crippen molar-refractivity contribution in [3.05, 3.63) is 10.6 Å². The molecule has 4 rings (SSSR count). The molecule has 0 unspecified atom stereocenters. The molecule has 2 heterocycles. The zero-order chi connectivity index (χ0) is 20.9. The number of piperazine rings is 1. The average molecular weight is 422 g/mol. The summed E-state index contributed by atoms with van der Waals surface area (Å²) >= 11 is 1.76. The fourth-order valence-corrected chi connectivity index (χ4v) is 7.45. The van der Waals surface area contributed by atoms with Crippen LogP contribution in [-0.4, -0.2) is 67.3 Å². The van der Waals surface area contributed by atoms with Gasteiger partial charge in [0, 0.05) is 23.8 Å². The van der Waals surface area contributed by atoms with Crippen LogP contribution in [0.1, 0.15) is 50.1 Å². The summed E-state index contributed by atoms with van der Waals surface area (Å²) in [7, 11) is 4.11. The number of thiazole rings is 1. The Bertz CT molecular complexity index is 760. The van der Waals surface area contributed by atoms with Gasteiger partial charge in [-0.3, -0.25) is 4.79 Å². The van der Waals surface area contributed by atoms with Gasteiger partial charge in [-0.25, -0.2) is 4.98 Å². The van der Waals surface area contributed by atoms with Gasteiger partial charge >= 0.3 is 0 Å². The molecule has 1 aromatic rings. The molecule has 0 bridgehead atoms. The number of carbonyl (C=O) groups excluding carboxylic acids is 1. The van der Waals surface area contributed by atoms with Crippen molar-refractivity contribution in [1.29, 1.82) is 0 Å². The number of hydrogen-bond acceptors (Lipinski definition) is 5. The zero-order valence-corrected chi connectivity index (χ0v) is 19.3. The van der Waals surface area contributed by atoms with Gasteiger partial charge in [-0.1, -0.05) is 20.8 Å². The van der Waals surface area contributed by atoms with Crippen LogP contribution in [0.5, 0.6) is 0 Å². The van der Waals surface area contributed by atoms with E-state index >= 15 is 0 Å². The molecule has 6 nitrogen and oxygen atoms in total. The Morgan fingerprint density at radius 2 is 2.10 bits per heavy atom. The lowest BCUT2D eigenvalue weighted by molar-refractivity contribution is -0.883. The van der Waals surface area contributed by atoms with Crippen molar-refractivity contribution in [2.24, 2.45) is 23.2 Å². The Morgan fingerprint density at radius 1 is 1.41 bits per heavy atom. The first-order valence-corrected chi connectivity index (χ1v) is 12.0. The lowest BCUT2D eigenvalue weighted by Crippen LogP contribution is -3.12. The Balaban J connectivity index is 1.53. The van der Waals surface area contributed by atoms with Crippen molar-refractivity contribution in [3.63, 3.8) is 0 Å². The number of hydrogen-bond donors (Lipinski definition) is 3. The molecule has 1 aromatic heterocycles. The normalized spacial score (nSPS) is 36.3. The summed E-state index contributed by atoms with van der Waals surface area (Å²) in [6.07, 6.45) is 2.54. The molecule has 7 heteroatoms. The summed E-state index contributed by atoms with van der Waals surface area (Å²) in [6, 6.07) is 0. The highest BCUT2D eigenvalue weighted by molar-refractivity contribution is 7.15. The van der Waals surface area contributed by atoms with E-state index in [4.69, 9.17) is 4.98 Å². The van der Waals surface area contributed by atoms with Crippen LogP contribution >= 0.6 is 11.3 Å². The maximum atomic E-state index is 13.2. The van der Waals surface area contributed by atoms with Crippen molar-refractivity contribution in [1.82, 2.24) is 9.88 Å². The largest absolute Gasteiger partial charge is 0.392 e. The van der Waals surface area contributed by atoms with Crippen molar-refractivity contribution < 1.29 is 14.8 Å². The first-order valence-electron chi connectivity index (χ1n) is 11.2. The second kappa shape index (κ2) is 7.82. The smallest absolute Gasteiger partial charge is 0.226 e. The van der Waals surface area contributed by atoms with Gasteiger partial charge in [0.15, 0.2) is 5.13 Å². The molecule has 3 N–H and O–H groups in total. The molecular formula is C22H37N4O2S+. The van der Waals surface area contributed by atoms with Crippen LogP contribution in [0.25, 0.3) is 0 Å². The first-order chi connectivity index (χ1) is 13.7. The fraction of sp³-hybridized carbons (Fsp3) is 0.818. The summed E-state index contributed by atoms with van der Waals surface area (Å²) in [5.74, 6) is 0.534. The van der Waals surface area contributed by atoms with Gasteiger partial charge < -0.3 is 20.2 Å². The predicted octanol–water partition coefficient (Wildman–Crippen LogP) is 1.23. The van der Waals surface area contributed by atoms with Gasteiger partial charge in [0.25, 0.3) is 0 Å². The van der Waals surface area contributed by atoms with Gasteiger partial charge in [-0.15, -0.1) is 11.3 Å². The third-order valence-corrected chi connectivity index (χ3v) is 9.18. The molecule has 1 aliphatic heterocycles. The third-order valence-electron chi connectivity index (χ3n) is 8.10. The number of rotatable bonds is 3. The molecule has 0 spiro atoms. The highest BCUT2D eigenvalue weighted by Gasteiger charge is 2.54. The number of aliphatic hydroxyl groups is 1. The molecule has 0 aromatic carbocycles. The van der Waals surface area contributed by atoms with Crippen molar-refractivity contribution >= 4 is 22.4 Å². The van der Waals surface area contributed by atoms with E-state index in [1.54, 1.807) is 11.3 Å². The highest BCUT2D eigenvalue weighted by Crippen LogP contribution is 2.57. The first kappa shape index (κ1) is 21.1. The van der Waals surface area contributed by atoms with Crippen LogP contribution in [0.15, 0.2) is 0 Å². The summed E-state index contributed by atoms with van der Waals surface area (Å²) in [5.41, 5.74) is 1.24. The SMILES string of the molecule is CNc1nc2c(s1)C[C@]1(C)CC[C@H]([C@H](C)C(=O)N3CC[NH+](C)CC3)[C@H](O)[C@H]1[C@@H]2C. The van der Waals surface area contributed by atoms with Gasteiger partial charge in [0.1, 0.15) is 0 Å². The van der Waals surface area contributed by atoms with E-state index < -0.39 is 6.10 Å². The second-order valence-electron chi connectivity index (χ2n) is 9.99. The zero-order valence-electron chi connectivity index (χ0n) is 18.5. The second-order valence-corrected chi connectivity index (χ2v) is 11.1. The van der Waals surface area contributed by atoms with Gasteiger partial charge in [-0.05, 0) is 36.5 Å². The molecule has 0 radical (unpaired) electrons.